The number of carbonyl (C=O) groups excluding carboxylic acids is 1. The molecule has 0 aliphatic heterocycles. The molecule has 162 valence electrons. The van der Waals surface area contributed by atoms with Crippen molar-refractivity contribution in [3.63, 3.8) is 0 Å². The van der Waals surface area contributed by atoms with Crippen LogP contribution in [0.2, 0.25) is 0 Å². The van der Waals surface area contributed by atoms with E-state index in [9.17, 15) is 4.79 Å². The molecular formula is C22H44O5. The fourth-order valence-corrected chi connectivity index (χ4v) is 2.61. The minimum absolute atomic E-state index is 0.0425. The summed E-state index contributed by atoms with van der Waals surface area (Å²) in [5, 5.41) is 25.1. The zero-order valence-electron chi connectivity index (χ0n) is 17.8. The van der Waals surface area contributed by atoms with Crippen molar-refractivity contribution in [3.8, 4) is 0 Å². The van der Waals surface area contributed by atoms with Gasteiger partial charge in [0.1, 0.15) is 0 Å². The van der Waals surface area contributed by atoms with Crippen LogP contribution in [-0.4, -0.2) is 33.9 Å². The Morgan fingerprint density at radius 3 is 1.59 bits per heavy atom. The van der Waals surface area contributed by atoms with Crippen molar-refractivity contribution in [2.45, 2.75) is 116 Å². The number of hydrogen-bond donors (Lipinski definition) is 3. The number of rotatable bonds is 17. The number of esters is 1. The molecular weight excluding hydrogens is 344 g/mol. The van der Waals surface area contributed by atoms with Gasteiger partial charge in [0, 0.05) is 12.5 Å². The third-order valence-electron chi connectivity index (χ3n) is 4.27. The van der Waals surface area contributed by atoms with Crippen LogP contribution in [0.5, 0.6) is 0 Å². The smallest absolute Gasteiger partial charge is 0.330 e. The van der Waals surface area contributed by atoms with E-state index in [0.717, 1.165) is 19.3 Å². The molecule has 0 aliphatic carbocycles. The van der Waals surface area contributed by atoms with E-state index in [4.69, 9.17) is 20.1 Å². The summed E-state index contributed by atoms with van der Waals surface area (Å²) >= 11 is 0. The van der Waals surface area contributed by atoms with Gasteiger partial charge in [0.05, 0.1) is 6.61 Å². The Morgan fingerprint density at radius 2 is 1.19 bits per heavy atom. The lowest BCUT2D eigenvalue weighted by atomic mass is 10.1. The van der Waals surface area contributed by atoms with E-state index in [1.165, 1.54) is 70.3 Å². The second-order valence-electron chi connectivity index (χ2n) is 7.14. The maximum Gasteiger partial charge on any atom is 0.330 e. The largest absolute Gasteiger partial charge is 0.463 e. The summed E-state index contributed by atoms with van der Waals surface area (Å²) in [4.78, 5) is 10.8. The highest BCUT2D eigenvalue weighted by atomic mass is 16.7. The number of unbranched alkanes of at least 4 members (excludes halogenated alkanes) is 12. The molecule has 0 bridgehead atoms. The van der Waals surface area contributed by atoms with E-state index in [2.05, 4.69) is 13.5 Å². The van der Waals surface area contributed by atoms with Gasteiger partial charge in [0.15, 0.2) is 0 Å². The number of carbonyl (C=O) groups is 1. The van der Waals surface area contributed by atoms with Crippen LogP contribution in [0, 0.1) is 0 Å². The van der Waals surface area contributed by atoms with Crippen molar-refractivity contribution in [2.75, 3.05) is 6.61 Å². The van der Waals surface area contributed by atoms with E-state index >= 15 is 0 Å². The highest BCUT2D eigenvalue weighted by molar-refractivity contribution is 5.81. The molecule has 0 aliphatic rings. The van der Waals surface area contributed by atoms with Gasteiger partial charge in [-0.2, -0.15) is 0 Å². The van der Waals surface area contributed by atoms with Crippen molar-refractivity contribution < 1.29 is 24.9 Å². The second kappa shape index (κ2) is 21.4. The second-order valence-corrected chi connectivity index (χ2v) is 7.14. The predicted octanol–water partition coefficient (Wildman–Crippen LogP) is 5.22. The monoisotopic (exact) mass is 388 g/mol. The molecule has 0 heterocycles. The summed E-state index contributed by atoms with van der Waals surface area (Å²) < 4.78 is 4.92. The van der Waals surface area contributed by atoms with Gasteiger partial charge < -0.3 is 20.1 Å². The molecule has 0 unspecified atom stereocenters. The zero-order chi connectivity index (χ0) is 20.8. The van der Waals surface area contributed by atoms with Gasteiger partial charge in [0.25, 0.3) is 5.97 Å². The van der Waals surface area contributed by atoms with Crippen molar-refractivity contribution in [3.05, 3.63) is 12.7 Å². The topological polar surface area (TPSA) is 87.0 Å². The van der Waals surface area contributed by atoms with Crippen LogP contribution in [-0.2, 0) is 9.53 Å². The maximum absolute atomic E-state index is 10.8. The van der Waals surface area contributed by atoms with Crippen LogP contribution in [0.4, 0.5) is 0 Å². The minimum Gasteiger partial charge on any atom is -0.463 e. The van der Waals surface area contributed by atoms with Gasteiger partial charge in [0.2, 0.25) is 0 Å². The highest BCUT2D eigenvalue weighted by Crippen LogP contribution is 2.11. The summed E-state index contributed by atoms with van der Waals surface area (Å²) in [5.74, 6) is -2.75. The van der Waals surface area contributed by atoms with Gasteiger partial charge in [-0.15, -0.1) is 0 Å². The van der Waals surface area contributed by atoms with Crippen LogP contribution < -0.4 is 0 Å². The Hall–Kier alpha value is -0.910. The Kier molecular flexibility index (Phi) is 22.4. The van der Waals surface area contributed by atoms with Crippen LogP contribution in [0.3, 0.4) is 0 Å². The van der Waals surface area contributed by atoms with Gasteiger partial charge in [-0.25, -0.2) is 4.79 Å². The molecule has 0 fully saturated rings. The molecule has 3 N–H and O–H groups in total. The van der Waals surface area contributed by atoms with E-state index in [0.29, 0.717) is 13.0 Å². The van der Waals surface area contributed by atoms with Crippen molar-refractivity contribution in [1.29, 1.82) is 0 Å². The third kappa shape index (κ3) is 30.1. The van der Waals surface area contributed by atoms with Gasteiger partial charge in [-0.05, 0) is 12.8 Å². The van der Waals surface area contributed by atoms with E-state index in [1.807, 2.05) is 6.92 Å². The quantitative estimate of drug-likeness (QED) is 0.138. The third-order valence-corrected chi connectivity index (χ3v) is 4.27. The molecule has 0 amide bonds. The van der Waals surface area contributed by atoms with E-state index in [-0.39, 0.29) is 12.4 Å². The minimum atomic E-state index is -2.45. The summed E-state index contributed by atoms with van der Waals surface area (Å²) in [7, 11) is 0. The lowest BCUT2D eigenvalue weighted by Gasteiger charge is -2.12. The summed E-state index contributed by atoms with van der Waals surface area (Å²) in [6, 6.07) is 0. The maximum atomic E-state index is 10.8. The molecule has 0 atom stereocenters. The number of hydrogen-bond acceptors (Lipinski definition) is 5. The zero-order valence-corrected chi connectivity index (χ0v) is 17.8. The van der Waals surface area contributed by atoms with Crippen molar-refractivity contribution >= 4 is 5.97 Å². The Balaban J connectivity index is 0. The van der Waals surface area contributed by atoms with Crippen LogP contribution >= 0.6 is 0 Å². The average molecular weight is 389 g/mol. The van der Waals surface area contributed by atoms with Crippen LogP contribution in [0.1, 0.15) is 110 Å². The Morgan fingerprint density at radius 1 is 0.778 bits per heavy atom. The molecule has 27 heavy (non-hydrogen) atoms. The average Bonchev–Trinajstić information content (AvgIpc) is 2.62. The molecule has 0 aromatic carbocycles. The summed E-state index contributed by atoms with van der Waals surface area (Å²) in [6.45, 7) is 8.17. The summed E-state index contributed by atoms with van der Waals surface area (Å²) in [6.07, 6.45) is 18.3. The van der Waals surface area contributed by atoms with E-state index < -0.39 is 5.97 Å². The molecule has 5 nitrogen and oxygen atoms in total. The SMILES string of the molecule is C=CC(=O)OCCCCCCCCCCCCC.CCCCCC(O)(O)O. The van der Waals surface area contributed by atoms with Gasteiger partial charge in [-0.3, -0.25) is 0 Å². The molecule has 0 aromatic heterocycles. The fraction of sp³-hybridized carbons (Fsp3) is 0.864. The van der Waals surface area contributed by atoms with Crippen LogP contribution in [0.15, 0.2) is 12.7 Å². The first kappa shape index (κ1) is 28.3. The summed E-state index contributed by atoms with van der Waals surface area (Å²) in [5.41, 5.74) is 0. The van der Waals surface area contributed by atoms with E-state index in [1.54, 1.807) is 0 Å². The van der Waals surface area contributed by atoms with Crippen LogP contribution in [0.25, 0.3) is 0 Å². The van der Waals surface area contributed by atoms with Gasteiger partial charge in [-0.1, -0.05) is 97.5 Å². The normalized spacial score (nSPS) is 10.9. The first-order chi connectivity index (χ1) is 12.9. The fourth-order valence-electron chi connectivity index (χ4n) is 2.61. The first-order valence-electron chi connectivity index (χ1n) is 10.8. The Labute approximate surface area is 166 Å². The standard InChI is InChI=1S/C16H30O2.C6H14O3/c1-3-5-6-7-8-9-10-11-12-13-14-15-18-16(17)4-2;1-2-3-4-5-6(7,8)9/h4H,2-3,5-15H2,1H3;7-9H,2-5H2,1H3. The van der Waals surface area contributed by atoms with Crippen molar-refractivity contribution in [1.82, 2.24) is 0 Å². The highest BCUT2D eigenvalue weighted by Gasteiger charge is 2.15. The molecule has 0 aromatic rings. The lowest BCUT2D eigenvalue weighted by Crippen LogP contribution is -2.26. The molecule has 0 saturated carbocycles. The van der Waals surface area contributed by atoms with Crippen molar-refractivity contribution in [2.24, 2.45) is 0 Å². The molecule has 5 heteroatoms. The first-order valence-corrected chi connectivity index (χ1v) is 10.8. The molecule has 0 spiro atoms. The predicted molar refractivity (Wildman–Crippen MR) is 111 cm³/mol. The number of ether oxygens (including phenoxy) is 1. The van der Waals surface area contributed by atoms with Gasteiger partial charge >= 0.3 is 5.97 Å². The molecule has 0 rings (SSSR count). The number of aliphatic hydroxyl groups is 3. The molecule has 0 saturated heterocycles. The molecule has 0 radical (unpaired) electrons. The lowest BCUT2D eigenvalue weighted by molar-refractivity contribution is -0.315. The Bertz CT molecular complexity index is 323.